The molecular formula is C14H19N2O3-. The lowest BCUT2D eigenvalue weighted by Crippen LogP contribution is -2.51. The van der Waals surface area contributed by atoms with E-state index in [1.807, 2.05) is 32.0 Å². The van der Waals surface area contributed by atoms with E-state index >= 15 is 0 Å². The van der Waals surface area contributed by atoms with E-state index < -0.39 is 18.0 Å². The summed E-state index contributed by atoms with van der Waals surface area (Å²) in [6, 6.07) is 4.06. The van der Waals surface area contributed by atoms with Crippen LogP contribution in [0, 0.1) is 19.8 Å². The van der Waals surface area contributed by atoms with Gasteiger partial charge in [-0.05, 0) is 43.0 Å². The van der Waals surface area contributed by atoms with Gasteiger partial charge in [0, 0.05) is 5.69 Å². The van der Waals surface area contributed by atoms with Crippen molar-refractivity contribution < 1.29 is 14.7 Å². The summed E-state index contributed by atoms with van der Waals surface area (Å²) in [6.07, 6.45) is 0. The molecule has 2 N–H and O–H groups in total. The van der Waals surface area contributed by atoms with Crippen LogP contribution in [0.25, 0.3) is 0 Å². The Morgan fingerprint density at radius 1 is 1.11 bits per heavy atom. The van der Waals surface area contributed by atoms with Gasteiger partial charge in [0.15, 0.2) is 0 Å². The predicted molar refractivity (Wildman–Crippen MR) is 71.7 cm³/mol. The molecule has 0 radical (unpaired) electrons. The fourth-order valence-electron chi connectivity index (χ4n) is 1.85. The van der Waals surface area contributed by atoms with Crippen molar-refractivity contribution >= 4 is 17.7 Å². The monoisotopic (exact) mass is 263 g/mol. The lowest BCUT2D eigenvalue weighted by molar-refractivity contribution is -0.309. The number of aliphatic carboxylic acids is 1. The van der Waals surface area contributed by atoms with Gasteiger partial charge in [-0.25, -0.2) is 4.79 Å². The standard InChI is InChI=1S/C14H20N2O3/c1-8(2)12(13(17)18)16-14(19)15-11-6-9(3)5-10(4)7-11/h5-8,12H,1-4H3,(H,17,18)(H2,15,16,19)/p-1/t12-/m0/s1. The van der Waals surface area contributed by atoms with Gasteiger partial charge in [0.2, 0.25) is 0 Å². The van der Waals surface area contributed by atoms with Gasteiger partial charge in [0.1, 0.15) is 0 Å². The predicted octanol–water partition coefficient (Wildman–Crippen LogP) is 1.20. The number of amides is 2. The van der Waals surface area contributed by atoms with Crippen molar-refractivity contribution in [2.24, 2.45) is 5.92 Å². The smallest absolute Gasteiger partial charge is 0.319 e. The van der Waals surface area contributed by atoms with E-state index in [0.717, 1.165) is 11.1 Å². The van der Waals surface area contributed by atoms with Crippen molar-refractivity contribution in [3.05, 3.63) is 29.3 Å². The number of benzene rings is 1. The second kappa shape index (κ2) is 6.22. The largest absolute Gasteiger partial charge is 0.548 e. The number of rotatable bonds is 4. The van der Waals surface area contributed by atoms with Crippen LogP contribution in [0.4, 0.5) is 10.5 Å². The Bertz CT molecular complexity index is 463. The molecule has 1 rings (SSSR count). The van der Waals surface area contributed by atoms with Crippen LogP contribution >= 0.6 is 0 Å². The van der Waals surface area contributed by atoms with Gasteiger partial charge >= 0.3 is 6.03 Å². The molecule has 5 nitrogen and oxygen atoms in total. The highest BCUT2D eigenvalue weighted by molar-refractivity contribution is 5.92. The maximum atomic E-state index is 11.7. The molecule has 0 aliphatic heterocycles. The first-order chi connectivity index (χ1) is 8.79. The summed E-state index contributed by atoms with van der Waals surface area (Å²) in [5.74, 6) is -1.53. The third-order valence-corrected chi connectivity index (χ3v) is 2.69. The summed E-state index contributed by atoms with van der Waals surface area (Å²) < 4.78 is 0. The fourth-order valence-corrected chi connectivity index (χ4v) is 1.85. The molecule has 1 aromatic rings. The van der Waals surface area contributed by atoms with E-state index in [-0.39, 0.29) is 5.92 Å². The van der Waals surface area contributed by atoms with Gasteiger partial charge in [-0.2, -0.15) is 0 Å². The molecule has 0 aliphatic rings. The van der Waals surface area contributed by atoms with E-state index in [1.165, 1.54) is 0 Å². The first-order valence-corrected chi connectivity index (χ1v) is 6.16. The molecule has 0 unspecified atom stereocenters. The van der Waals surface area contributed by atoms with Crippen LogP contribution in [0.1, 0.15) is 25.0 Å². The molecule has 0 aromatic heterocycles. The minimum atomic E-state index is -1.29. The summed E-state index contributed by atoms with van der Waals surface area (Å²) in [4.78, 5) is 22.6. The van der Waals surface area contributed by atoms with Crippen LogP contribution in [0.2, 0.25) is 0 Å². The molecule has 0 spiro atoms. The number of carboxylic acids is 1. The Morgan fingerprint density at radius 2 is 1.63 bits per heavy atom. The number of hydrogen-bond donors (Lipinski definition) is 2. The van der Waals surface area contributed by atoms with Gasteiger partial charge in [-0.1, -0.05) is 19.9 Å². The highest BCUT2D eigenvalue weighted by Gasteiger charge is 2.17. The SMILES string of the molecule is Cc1cc(C)cc(NC(=O)N[C@H](C(=O)[O-])C(C)C)c1. The molecule has 0 fully saturated rings. The molecule has 0 heterocycles. The molecular weight excluding hydrogens is 244 g/mol. The summed E-state index contributed by atoms with van der Waals surface area (Å²) in [7, 11) is 0. The third kappa shape index (κ3) is 4.62. The lowest BCUT2D eigenvalue weighted by Gasteiger charge is -2.23. The number of aryl methyl sites for hydroxylation is 2. The van der Waals surface area contributed by atoms with Crippen LogP contribution < -0.4 is 15.7 Å². The lowest BCUT2D eigenvalue weighted by atomic mass is 10.1. The van der Waals surface area contributed by atoms with E-state index in [0.29, 0.717) is 5.69 Å². The molecule has 5 heteroatoms. The molecule has 0 saturated heterocycles. The molecule has 1 atom stereocenters. The third-order valence-electron chi connectivity index (χ3n) is 2.69. The normalized spacial score (nSPS) is 12.1. The zero-order valence-corrected chi connectivity index (χ0v) is 11.6. The minimum Gasteiger partial charge on any atom is -0.548 e. The first kappa shape index (κ1) is 15.0. The second-order valence-electron chi connectivity index (χ2n) is 5.02. The Labute approximate surface area is 113 Å². The van der Waals surface area contributed by atoms with Crippen molar-refractivity contribution in [1.29, 1.82) is 0 Å². The summed E-state index contributed by atoms with van der Waals surface area (Å²) in [5, 5.41) is 15.9. The van der Waals surface area contributed by atoms with E-state index in [4.69, 9.17) is 0 Å². The minimum absolute atomic E-state index is 0.241. The average Bonchev–Trinajstić information content (AvgIpc) is 2.23. The summed E-state index contributed by atoms with van der Waals surface area (Å²) in [5.41, 5.74) is 2.68. The maximum absolute atomic E-state index is 11.7. The maximum Gasteiger partial charge on any atom is 0.319 e. The molecule has 0 bridgehead atoms. The Hall–Kier alpha value is -2.04. The van der Waals surface area contributed by atoms with Crippen LogP contribution in [0.15, 0.2) is 18.2 Å². The van der Waals surface area contributed by atoms with Gasteiger partial charge in [-0.3, -0.25) is 0 Å². The van der Waals surface area contributed by atoms with Crippen LogP contribution in [0.5, 0.6) is 0 Å². The number of hydrogen-bond acceptors (Lipinski definition) is 3. The van der Waals surface area contributed by atoms with Crippen molar-refractivity contribution in [2.45, 2.75) is 33.7 Å². The van der Waals surface area contributed by atoms with Gasteiger partial charge < -0.3 is 20.5 Å². The average molecular weight is 263 g/mol. The number of carboxylic acid groups (broad SMARTS) is 1. The van der Waals surface area contributed by atoms with E-state index in [9.17, 15) is 14.7 Å². The Balaban J connectivity index is 2.71. The molecule has 2 amide bonds. The number of anilines is 1. The zero-order chi connectivity index (χ0) is 14.6. The van der Waals surface area contributed by atoms with Crippen molar-refractivity contribution in [1.82, 2.24) is 5.32 Å². The first-order valence-electron chi connectivity index (χ1n) is 6.16. The molecule has 0 saturated carbocycles. The second-order valence-corrected chi connectivity index (χ2v) is 5.02. The molecule has 104 valence electrons. The van der Waals surface area contributed by atoms with E-state index in [1.54, 1.807) is 13.8 Å². The molecule has 1 aromatic carbocycles. The Morgan fingerprint density at radius 3 is 2.05 bits per heavy atom. The molecule has 0 aliphatic carbocycles. The van der Waals surface area contributed by atoms with Gasteiger partial charge in [-0.15, -0.1) is 0 Å². The number of nitrogens with one attached hydrogen (secondary N) is 2. The van der Waals surface area contributed by atoms with Crippen molar-refractivity contribution in [2.75, 3.05) is 5.32 Å². The van der Waals surface area contributed by atoms with Crippen LogP contribution in [-0.2, 0) is 4.79 Å². The van der Waals surface area contributed by atoms with Crippen LogP contribution in [0.3, 0.4) is 0 Å². The Kier molecular flexibility index (Phi) is 4.92. The highest BCUT2D eigenvalue weighted by atomic mass is 16.4. The van der Waals surface area contributed by atoms with Crippen molar-refractivity contribution in [3.63, 3.8) is 0 Å². The quantitative estimate of drug-likeness (QED) is 0.856. The van der Waals surface area contributed by atoms with Gasteiger partial charge in [0.25, 0.3) is 0 Å². The number of carbonyl (C=O) groups is 2. The van der Waals surface area contributed by atoms with Crippen molar-refractivity contribution in [3.8, 4) is 0 Å². The van der Waals surface area contributed by atoms with Crippen LogP contribution in [-0.4, -0.2) is 18.0 Å². The zero-order valence-electron chi connectivity index (χ0n) is 11.6. The summed E-state index contributed by atoms with van der Waals surface area (Å²) in [6.45, 7) is 7.26. The number of carbonyl (C=O) groups excluding carboxylic acids is 2. The van der Waals surface area contributed by atoms with Gasteiger partial charge in [0.05, 0.1) is 12.0 Å². The highest BCUT2D eigenvalue weighted by Crippen LogP contribution is 2.13. The fraction of sp³-hybridized carbons (Fsp3) is 0.429. The summed E-state index contributed by atoms with van der Waals surface area (Å²) >= 11 is 0. The molecule has 19 heavy (non-hydrogen) atoms. The number of urea groups is 1. The topological polar surface area (TPSA) is 81.3 Å². The van der Waals surface area contributed by atoms with E-state index in [2.05, 4.69) is 10.6 Å².